The highest BCUT2D eigenvalue weighted by molar-refractivity contribution is 7.91. The van der Waals surface area contributed by atoms with Crippen molar-refractivity contribution in [2.45, 2.75) is 113 Å². The van der Waals surface area contributed by atoms with Gasteiger partial charge in [0.15, 0.2) is 5.82 Å². The van der Waals surface area contributed by atoms with Crippen LogP contribution < -0.4 is 25.4 Å². The molecule has 2 aromatic heterocycles. The van der Waals surface area contributed by atoms with E-state index < -0.39 is 74.4 Å². The molecule has 0 unspecified atom stereocenters. The molecule has 4 aliphatic rings. The molecule has 5 aromatic rings. The number of anilines is 1. The summed E-state index contributed by atoms with van der Waals surface area (Å²) in [6, 6.07) is 15.9. The van der Waals surface area contributed by atoms with Crippen LogP contribution in [0.3, 0.4) is 0 Å². The van der Waals surface area contributed by atoms with Crippen LogP contribution in [0, 0.1) is 5.92 Å². The van der Waals surface area contributed by atoms with Crippen LogP contribution in [0.4, 0.5) is 18.9 Å². The topological polar surface area (TPSA) is 202 Å². The number of benzene rings is 3. The molecule has 3 aromatic carbocycles. The van der Waals surface area contributed by atoms with Crippen LogP contribution in [-0.2, 0) is 30.6 Å². The highest BCUT2D eigenvalue weighted by atomic mass is 32.2. The van der Waals surface area contributed by atoms with E-state index in [0.29, 0.717) is 59.8 Å². The number of furan rings is 1. The van der Waals surface area contributed by atoms with E-state index in [1.807, 2.05) is 26.0 Å². The van der Waals surface area contributed by atoms with Gasteiger partial charge in [-0.05, 0) is 94.8 Å². The molecule has 2 saturated carbocycles. The van der Waals surface area contributed by atoms with Crippen LogP contribution in [0.2, 0.25) is 0 Å². The van der Waals surface area contributed by atoms with Gasteiger partial charge in [0.05, 0.1) is 17.4 Å². The van der Waals surface area contributed by atoms with Crippen LogP contribution in [0.1, 0.15) is 87.6 Å². The number of carbonyl (C=O) groups is 4. The molecule has 2 aliphatic heterocycles. The minimum atomic E-state index is -4.57. The fourth-order valence-corrected chi connectivity index (χ4v) is 10.2. The zero-order valence-electron chi connectivity index (χ0n) is 36.8. The average molecular weight is 942 g/mol. The van der Waals surface area contributed by atoms with E-state index in [-0.39, 0.29) is 54.2 Å². The minimum Gasteiger partial charge on any atom is -0.470 e. The first-order chi connectivity index (χ1) is 32.0. The number of amides is 4. The minimum absolute atomic E-state index is 0.0416. The number of sulfonamides is 1. The van der Waals surface area contributed by atoms with Crippen LogP contribution in [0.5, 0.6) is 5.88 Å². The Balaban J connectivity index is 1.07. The predicted molar refractivity (Wildman–Crippen MR) is 242 cm³/mol. The quantitative estimate of drug-likeness (QED) is 0.105. The first-order valence-corrected chi connectivity index (χ1v) is 24.1. The zero-order chi connectivity index (χ0) is 47.3. The number of nitrogens with zero attached hydrogens (tertiary/aromatic N) is 3. The molecule has 0 radical (unpaired) electrons. The summed E-state index contributed by atoms with van der Waals surface area (Å²) in [5.41, 5.74) is -0.401. The normalized spacial score (nSPS) is 24.2. The van der Waals surface area contributed by atoms with Crippen molar-refractivity contribution in [3.8, 4) is 17.3 Å². The number of para-hydroxylation sites is 1. The summed E-state index contributed by atoms with van der Waals surface area (Å²) in [7, 11) is -3.98. The highest BCUT2D eigenvalue weighted by Crippen LogP contribution is 2.46. The largest absolute Gasteiger partial charge is 0.470 e. The Morgan fingerprint density at radius 2 is 1.75 bits per heavy atom. The molecule has 67 heavy (non-hydrogen) atoms. The van der Waals surface area contributed by atoms with Gasteiger partial charge in [0, 0.05) is 40.6 Å². The number of rotatable bonds is 10. The van der Waals surface area contributed by atoms with Gasteiger partial charge in [-0.1, -0.05) is 55.3 Å². The van der Waals surface area contributed by atoms with Crippen molar-refractivity contribution >= 4 is 61.4 Å². The maximum atomic E-state index is 15.1. The Morgan fingerprint density at radius 1 is 0.970 bits per heavy atom. The van der Waals surface area contributed by atoms with Crippen LogP contribution >= 0.6 is 0 Å². The van der Waals surface area contributed by atoms with Gasteiger partial charge in [0.25, 0.3) is 17.7 Å². The molecule has 15 nitrogen and oxygen atoms in total. The number of halogens is 3. The highest BCUT2D eigenvalue weighted by Gasteiger charge is 2.62. The molecular formula is C48H50F3N7O8S. The lowest BCUT2D eigenvalue weighted by atomic mass is 10.0. The van der Waals surface area contributed by atoms with E-state index in [9.17, 15) is 36.0 Å². The number of carbonyl (C=O) groups excluding carboxylic acids is 4. The summed E-state index contributed by atoms with van der Waals surface area (Å²) in [5, 5.41) is 8.99. The first-order valence-electron chi connectivity index (χ1n) is 22.6. The molecule has 4 N–H and O–H groups in total. The van der Waals surface area contributed by atoms with Crippen molar-refractivity contribution in [2.75, 3.05) is 11.9 Å². The third kappa shape index (κ3) is 9.69. The number of ether oxygens (including phenoxy) is 1. The summed E-state index contributed by atoms with van der Waals surface area (Å²) in [6.45, 7) is 3.55. The van der Waals surface area contributed by atoms with E-state index >= 15 is 4.79 Å². The maximum Gasteiger partial charge on any atom is 0.416 e. The fraction of sp³-hybridized carbons (Fsp3) is 0.417. The van der Waals surface area contributed by atoms with Crippen LogP contribution in [0.15, 0.2) is 89.4 Å². The number of aromatic nitrogens is 2. The third-order valence-corrected chi connectivity index (χ3v) is 14.5. The van der Waals surface area contributed by atoms with E-state index in [4.69, 9.17) is 9.15 Å². The smallest absolute Gasteiger partial charge is 0.416 e. The molecule has 4 heterocycles. The Morgan fingerprint density at radius 3 is 2.49 bits per heavy atom. The average Bonchev–Trinajstić information content (AvgIpc) is 4.19. The molecule has 3 fully saturated rings. The van der Waals surface area contributed by atoms with E-state index in [0.717, 1.165) is 25.0 Å². The van der Waals surface area contributed by atoms with Gasteiger partial charge in [-0.3, -0.25) is 23.9 Å². The molecule has 0 bridgehead atoms. The molecule has 1 saturated heterocycles. The maximum absolute atomic E-state index is 15.1. The van der Waals surface area contributed by atoms with E-state index in [1.54, 1.807) is 48.5 Å². The number of fused-ring (bicyclic) bond motifs is 5. The molecule has 4 amide bonds. The van der Waals surface area contributed by atoms with Crippen LogP contribution in [-0.4, -0.2) is 88.5 Å². The number of alkyl halides is 3. The summed E-state index contributed by atoms with van der Waals surface area (Å²) < 4.78 is 81.7. The Kier molecular flexibility index (Phi) is 12.2. The second-order valence-electron chi connectivity index (χ2n) is 18.1. The number of hydrogen-bond donors (Lipinski definition) is 4. The molecule has 19 heteroatoms. The lowest BCUT2D eigenvalue weighted by molar-refractivity contribution is -0.140. The summed E-state index contributed by atoms with van der Waals surface area (Å²) in [6.07, 6.45) is 2.33. The second-order valence-corrected chi connectivity index (χ2v) is 20.1. The monoisotopic (exact) mass is 941 g/mol. The molecular weight excluding hydrogens is 892 g/mol. The molecule has 5 atom stereocenters. The number of hydrogen-bond acceptors (Lipinski definition) is 11. The number of allylic oxidation sites excluding steroid dienone is 1. The van der Waals surface area contributed by atoms with Crippen molar-refractivity contribution in [3.05, 3.63) is 96.1 Å². The van der Waals surface area contributed by atoms with Crippen molar-refractivity contribution in [1.29, 1.82) is 0 Å². The van der Waals surface area contributed by atoms with Gasteiger partial charge in [-0.15, -0.1) is 0 Å². The SMILES string of the molecule is CC(C)NC(=O)c1cccc(N[C@H]2CCCCC/C=C\[C@@H]3C[C@@]3(C(=O)NS(=O)(=O)C3CC3)NC(=O)[C@@H]3C[C@@H](Oc4nc(-c5ccc(C(F)(F)F)cc5)nc5c4oc4ccccc45)CN3C2=O)c1. The molecule has 352 valence electrons. The Labute approximate surface area is 384 Å². The van der Waals surface area contributed by atoms with Crippen molar-refractivity contribution in [2.24, 2.45) is 5.92 Å². The van der Waals surface area contributed by atoms with Gasteiger partial charge in [0.1, 0.15) is 34.8 Å². The van der Waals surface area contributed by atoms with Crippen LogP contribution in [0.25, 0.3) is 33.5 Å². The summed E-state index contributed by atoms with van der Waals surface area (Å²) in [5.74, 6) is -2.83. The number of nitrogens with one attached hydrogen (secondary N) is 4. The zero-order valence-corrected chi connectivity index (χ0v) is 37.6. The molecule has 9 rings (SSSR count). The Bertz CT molecular complexity index is 2880. The standard InChI is InChI=1S/C48H50F3N7O8S/c1-27(2)52-42(59)29-11-10-13-32(23-29)53-36-15-7-5-3-4-6-12-31-25-47(31,46(62)57-67(63,64)34-21-22-34)56-43(60)37-24-33(26-58(37)45(36)61)65-44-40-39(35-14-8-9-16-38(35)66-40)54-41(55-44)28-17-19-30(20-18-28)48(49,50)51/h6,8-14,16-20,23,27,31,33-34,36-37,53H,3-5,7,15,21-22,24-26H2,1-2H3,(H,52,59)(H,56,60)(H,57,62)/b12-6-/t31-,33-,36+,37+,47-/m1/s1. The van der Waals surface area contributed by atoms with Gasteiger partial charge in [-0.25, -0.2) is 13.4 Å². The summed E-state index contributed by atoms with van der Waals surface area (Å²) >= 11 is 0. The van der Waals surface area contributed by atoms with Crippen molar-refractivity contribution in [1.82, 2.24) is 30.2 Å². The van der Waals surface area contributed by atoms with E-state index in [1.165, 1.54) is 17.0 Å². The van der Waals surface area contributed by atoms with E-state index in [2.05, 4.69) is 30.6 Å². The van der Waals surface area contributed by atoms with Gasteiger partial charge in [-0.2, -0.15) is 18.2 Å². The lowest BCUT2D eigenvalue weighted by Gasteiger charge is -2.30. The van der Waals surface area contributed by atoms with Gasteiger partial charge >= 0.3 is 6.18 Å². The molecule has 0 spiro atoms. The fourth-order valence-electron chi connectivity index (χ4n) is 8.89. The second kappa shape index (κ2) is 18.0. The van der Waals surface area contributed by atoms with Crippen molar-refractivity contribution < 1.29 is 49.9 Å². The van der Waals surface area contributed by atoms with Gasteiger partial charge < -0.3 is 30.0 Å². The molecule has 2 aliphatic carbocycles. The Hall–Kier alpha value is -6.50. The lowest BCUT2D eigenvalue weighted by Crippen LogP contribution is -2.57. The summed E-state index contributed by atoms with van der Waals surface area (Å²) in [4.78, 5) is 67.5. The predicted octanol–water partition coefficient (Wildman–Crippen LogP) is 7.03. The first kappa shape index (κ1) is 45.6. The van der Waals surface area contributed by atoms with Crippen molar-refractivity contribution in [3.63, 3.8) is 0 Å². The van der Waals surface area contributed by atoms with Gasteiger partial charge in [0.2, 0.25) is 27.4 Å². The third-order valence-electron chi connectivity index (χ3n) is 12.7.